The standard InChI is InChI=1S/C19H28N2O3/c1-13(2)21-10-6-7-15(12-21)11-20-19(22)18-14(3)23-16-8-4-5-9-17(16)24-18/h4-5,8-9,13-15,18H,6-7,10-12H2,1-3H3,(H,20,22). The molecule has 0 radical (unpaired) electrons. The smallest absolute Gasteiger partial charge is 0.265 e. The highest BCUT2D eigenvalue weighted by Gasteiger charge is 2.34. The first-order valence-corrected chi connectivity index (χ1v) is 8.98. The zero-order valence-corrected chi connectivity index (χ0v) is 14.8. The second-order valence-corrected chi connectivity index (χ2v) is 7.15. The summed E-state index contributed by atoms with van der Waals surface area (Å²) in [6.45, 7) is 9.26. The Hall–Kier alpha value is -1.75. The summed E-state index contributed by atoms with van der Waals surface area (Å²) in [4.78, 5) is 15.0. The van der Waals surface area contributed by atoms with Gasteiger partial charge in [-0.25, -0.2) is 0 Å². The molecule has 1 aromatic carbocycles. The van der Waals surface area contributed by atoms with Gasteiger partial charge in [0.05, 0.1) is 0 Å². The number of hydrogen-bond acceptors (Lipinski definition) is 4. The lowest BCUT2D eigenvalue weighted by Gasteiger charge is -2.36. The predicted octanol–water partition coefficient (Wildman–Crippen LogP) is 2.45. The molecule has 0 bridgehead atoms. The van der Waals surface area contributed by atoms with Gasteiger partial charge in [-0.1, -0.05) is 12.1 Å². The third kappa shape index (κ3) is 3.83. The van der Waals surface area contributed by atoms with Crippen LogP contribution in [0, 0.1) is 5.92 Å². The van der Waals surface area contributed by atoms with Crippen LogP contribution in [0.1, 0.15) is 33.6 Å². The molecule has 132 valence electrons. The molecule has 2 aliphatic rings. The first kappa shape index (κ1) is 17.1. The zero-order valence-electron chi connectivity index (χ0n) is 14.8. The number of para-hydroxylation sites is 2. The molecule has 5 heteroatoms. The number of carbonyl (C=O) groups is 1. The van der Waals surface area contributed by atoms with E-state index < -0.39 is 6.10 Å². The number of hydrogen-bond donors (Lipinski definition) is 1. The van der Waals surface area contributed by atoms with E-state index in [2.05, 4.69) is 24.1 Å². The van der Waals surface area contributed by atoms with Crippen molar-refractivity contribution in [3.8, 4) is 11.5 Å². The predicted molar refractivity (Wildman–Crippen MR) is 93.4 cm³/mol. The Labute approximate surface area is 144 Å². The summed E-state index contributed by atoms with van der Waals surface area (Å²) < 4.78 is 11.7. The number of ether oxygens (including phenoxy) is 2. The molecule has 1 saturated heterocycles. The Morgan fingerprint density at radius 2 is 2.00 bits per heavy atom. The van der Waals surface area contributed by atoms with Crippen molar-refractivity contribution in [2.75, 3.05) is 19.6 Å². The molecule has 0 aliphatic carbocycles. The van der Waals surface area contributed by atoms with Gasteiger partial charge in [0.1, 0.15) is 6.10 Å². The molecular formula is C19H28N2O3. The molecule has 5 nitrogen and oxygen atoms in total. The number of amides is 1. The van der Waals surface area contributed by atoms with Gasteiger partial charge in [-0.3, -0.25) is 4.79 Å². The molecule has 2 heterocycles. The monoisotopic (exact) mass is 332 g/mol. The summed E-state index contributed by atoms with van der Waals surface area (Å²) in [6, 6.07) is 8.05. The van der Waals surface area contributed by atoms with E-state index in [0.717, 1.165) is 13.1 Å². The minimum atomic E-state index is -0.593. The average molecular weight is 332 g/mol. The first-order chi connectivity index (χ1) is 11.5. The van der Waals surface area contributed by atoms with Gasteiger partial charge >= 0.3 is 0 Å². The van der Waals surface area contributed by atoms with E-state index in [4.69, 9.17) is 9.47 Å². The summed E-state index contributed by atoms with van der Waals surface area (Å²) in [7, 11) is 0. The lowest BCUT2D eigenvalue weighted by atomic mass is 9.97. The molecule has 0 saturated carbocycles. The summed E-state index contributed by atoms with van der Waals surface area (Å²) in [6.07, 6.45) is 1.48. The van der Waals surface area contributed by atoms with Crippen molar-refractivity contribution in [3.05, 3.63) is 24.3 Å². The van der Waals surface area contributed by atoms with Gasteiger partial charge in [0.2, 0.25) is 6.10 Å². The topological polar surface area (TPSA) is 50.8 Å². The average Bonchev–Trinajstić information content (AvgIpc) is 2.59. The largest absolute Gasteiger partial charge is 0.482 e. The van der Waals surface area contributed by atoms with E-state index >= 15 is 0 Å². The van der Waals surface area contributed by atoms with E-state index in [-0.39, 0.29) is 12.0 Å². The van der Waals surface area contributed by atoms with Gasteiger partial charge in [-0.05, 0) is 58.2 Å². The number of nitrogens with one attached hydrogen (secondary N) is 1. The normalized spacial score (nSPS) is 27.1. The molecule has 1 amide bonds. The number of rotatable bonds is 4. The molecule has 0 aromatic heterocycles. The number of nitrogens with zero attached hydrogens (tertiary/aromatic N) is 1. The first-order valence-electron chi connectivity index (χ1n) is 8.98. The SMILES string of the molecule is CC1Oc2ccccc2OC1C(=O)NCC1CCCN(C(C)C)C1. The maximum atomic E-state index is 12.5. The van der Waals surface area contributed by atoms with Crippen LogP contribution in [0.15, 0.2) is 24.3 Å². The second kappa shape index (κ2) is 7.43. The van der Waals surface area contributed by atoms with E-state index in [1.165, 1.54) is 12.8 Å². The van der Waals surface area contributed by atoms with Gasteiger partial charge in [0, 0.05) is 19.1 Å². The molecule has 1 fully saturated rings. The van der Waals surface area contributed by atoms with Crippen molar-refractivity contribution in [1.82, 2.24) is 10.2 Å². The van der Waals surface area contributed by atoms with Crippen molar-refractivity contribution in [2.45, 2.75) is 51.9 Å². The minimum Gasteiger partial charge on any atom is -0.482 e. The van der Waals surface area contributed by atoms with Crippen LogP contribution in [-0.2, 0) is 4.79 Å². The molecular weight excluding hydrogens is 304 g/mol. The van der Waals surface area contributed by atoms with Crippen LogP contribution in [0.3, 0.4) is 0 Å². The van der Waals surface area contributed by atoms with Gasteiger partial charge in [-0.2, -0.15) is 0 Å². The highest BCUT2D eigenvalue weighted by atomic mass is 16.6. The van der Waals surface area contributed by atoms with Crippen molar-refractivity contribution in [3.63, 3.8) is 0 Å². The third-order valence-corrected chi connectivity index (χ3v) is 4.95. The van der Waals surface area contributed by atoms with Crippen molar-refractivity contribution in [2.24, 2.45) is 5.92 Å². The van der Waals surface area contributed by atoms with Gasteiger partial charge in [0.25, 0.3) is 5.91 Å². The molecule has 3 rings (SSSR count). The summed E-state index contributed by atoms with van der Waals surface area (Å²) in [5.74, 6) is 1.77. The Balaban J connectivity index is 1.54. The van der Waals surface area contributed by atoms with Crippen LogP contribution in [0.5, 0.6) is 11.5 Å². The van der Waals surface area contributed by atoms with Crippen LogP contribution in [0.2, 0.25) is 0 Å². The Kier molecular flexibility index (Phi) is 5.29. The lowest BCUT2D eigenvalue weighted by molar-refractivity contribution is -0.133. The second-order valence-electron chi connectivity index (χ2n) is 7.15. The molecule has 1 aromatic rings. The molecule has 3 unspecified atom stereocenters. The summed E-state index contributed by atoms with van der Waals surface area (Å²) >= 11 is 0. The number of piperidine rings is 1. The highest BCUT2D eigenvalue weighted by molar-refractivity contribution is 5.82. The lowest BCUT2D eigenvalue weighted by Crippen LogP contribution is -2.51. The fourth-order valence-electron chi connectivity index (χ4n) is 3.48. The molecule has 2 aliphatic heterocycles. The number of benzene rings is 1. The van der Waals surface area contributed by atoms with Crippen LogP contribution >= 0.6 is 0 Å². The summed E-state index contributed by atoms with van der Waals surface area (Å²) in [5.41, 5.74) is 0. The minimum absolute atomic E-state index is 0.0846. The molecule has 3 atom stereocenters. The van der Waals surface area contributed by atoms with Gasteiger partial charge in [-0.15, -0.1) is 0 Å². The number of likely N-dealkylation sites (tertiary alicyclic amines) is 1. The molecule has 24 heavy (non-hydrogen) atoms. The Bertz CT molecular complexity index is 575. The maximum Gasteiger partial charge on any atom is 0.265 e. The van der Waals surface area contributed by atoms with E-state index in [1.54, 1.807) is 0 Å². The molecule has 0 spiro atoms. The van der Waals surface area contributed by atoms with Crippen molar-refractivity contribution < 1.29 is 14.3 Å². The van der Waals surface area contributed by atoms with E-state index in [1.807, 2.05) is 31.2 Å². The highest BCUT2D eigenvalue weighted by Crippen LogP contribution is 2.33. The van der Waals surface area contributed by atoms with E-state index in [0.29, 0.717) is 30.0 Å². The Morgan fingerprint density at radius 3 is 2.71 bits per heavy atom. The van der Waals surface area contributed by atoms with Crippen molar-refractivity contribution >= 4 is 5.91 Å². The third-order valence-electron chi connectivity index (χ3n) is 4.95. The van der Waals surface area contributed by atoms with Gasteiger partial charge in [0.15, 0.2) is 11.5 Å². The fraction of sp³-hybridized carbons (Fsp3) is 0.632. The van der Waals surface area contributed by atoms with Gasteiger partial charge < -0.3 is 19.7 Å². The van der Waals surface area contributed by atoms with Crippen LogP contribution in [0.25, 0.3) is 0 Å². The maximum absolute atomic E-state index is 12.5. The number of fused-ring (bicyclic) bond motifs is 1. The Morgan fingerprint density at radius 1 is 1.29 bits per heavy atom. The number of carbonyl (C=O) groups excluding carboxylic acids is 1. The molecule has 1 N–H and O–H groups in total. The van der Waals surface area contributed by atoms with Crippen molar-refractivity contribution in [1.29, 1.82) is 0 Å². The fourth-order valence-corrected chi connectivity index (χ4v) is 3.48. The summed E-state index contributed by atoms with van der Waals surface area (Å²) in [5, 5.41) is 3.07. The quantitative estimate of drug-likeness (QED) is 0.920. The zero-order chi connectivity index (χ0) is 17.1. The van der Waals surface area contributed by atoms with Crippen LogP contribution in [0.4, 0.5) is 0 Å². The van der Waals surface area contributed by atoms with E-state index in [9.17, 15) is 4.79 Å². The van der Waals surface area contributed by atoms with Crippen LogP contribution < -0.4 is 14.8 Å². The van der Waals surface area contributed by atoms with Crippen LogP contribution in [-0.4, -0.2) is 48.7 Å².